The summed E-state index contributed by atoms with van der Waals surface area (Å²) in [5.41, 5.74) is 5.53. The third kappa shape index (κ3) is 4.51. The largest absolute Gasteiger partial charge is 0.497 e. The van der Waals surface area contributed by atoms with Gasteiger partial charge in [0.05, 0.1) is 37.7 Å². The van der Waals surface area contributed by atoms with Crippen LogP contribution in [-0.4, -0.2) is 26.1 Å². The zero-order valence-electron chi connectivity index (χ0n) is 21.1. The van der Waals surface area contributed by atoms with E-state index in [1.165, 1.54) is 0 Å². The highest BCUT2D eigenvalue weighted by molar-refractivity contribution is 6.01. The van der Waals surface area contributed by atoms with E-state index in [0.717, 1.165) is 39.5 Å². The lowest BCUT2D eigenvalue weighted by atomic mass is 9.78. The Hall–Kier alpha value is -3.93. The molecule has 3 aromatic carbocycles. The number of benzene rings is 3. The highest BCUT2D eigenvalue weighted by atomic mass is 16.5. The lowest BCUT2D eigenvalue weighted by molar-refractivity contribution is -0.116. The van der Waals surface area contributed by atoms with Crippen LogP contribution in [0.3, 0.4) is 0 Å². The smallest absolute Gasteiger partial charge is 0.167 e. The molecule has 0 radical (unpaired) electrons. The highest BCUT2D eigenvalue weighted by Gasteiger charge is 2.37. The van der Waals surface area contributed by atoms with Crippen molar-refractivity contribution in [2.45, 2.75) is 44.8 Å². The molecule has 36 heavy (non-hydrogen) atoms. The van der Waals surface area contributed by atoms with Gasteiger partial charge >= 0.3 is 0 Å². The maximum absolute atomic E-state index is 13.9. The summed E-state index contributed by atoms with van der Waals surface area (Å²) in [5, 5.41) is 7.25. The van der Waals surface area contributed by atoms with Crippen molar-refractivity contribution in [1.29, 1.82) is 0 Å². The van der Waals surface area contributed by atoms with Gasteiger partial charge in [0.2, 0.25) is 0 Å². The quantitative estimate of drug-likeness (QED) is 0.418. The number of ketones is 1. The van der Waals surface area contributed by atoms with Crippen LogP contribution < -0.4 is 24.8 Å². The van der Waals surface area contributed by atoms with Gasteiger partial charge in [-0.15, -0.1) is 0 Å². The van der Waals surface area contributed by atoms with Gasteiger partial charge in [0.1, 0.15) is 5.75 Å². The van der Waals surface area contributed by atoms with Gasteiger partial charge in [-0.3, -0.25) is 4.79 Å². The molecule has 0 amide bonds. The normalized spacial score (nSPS) is 19.0. The van der Waals surface area contributed by atoms with E-state index in [1.54, 1.807) is 14.2 Å². The second-order valence-electron chi connectivity index (χ2n) is 9.49. The average molecular weight is 485 g/mol. The molecule has 2 unspecified atom stereocenters. The van der Waals surface area contributed by atoms with Crippen molar-refractivity contribution >= 4 is 17.2 Å². The molecule has 1 heterocycles. The molecule has 2 atom stereocenters. The number of rotatable bonds is 6. The van der Waals surface area contributed by atoms with Crippen LogP contribution in [-0.2, 0) is 4.79 Å². The van der Waals surface area contributed by atoms with E-state index < -0.39 is 6.04 Å². The minimum Gasteiger partial charge on any atom is -0.497 e. The Morgan fingerprint density at radius 2 is 1.67 bits per heavy atom. The van der Waals surface area contributed by atoms with Crippen molar-refractivity contribution < 1.29 is 19.0 Å². The summed E-state index contributed by atoms with van der Waals surface area (Å²) >= 11 is 0. The van der Waals surface area contributed by atoms with E-state index in [0.29, 0.717) is 24.3 Å². The Morgan fingerprint density at radius 1 is 0.889 bits per heavy atom. The molecule has 0 bridgehead atoms. The lowest BCUT2D eigenvalue weighted by Crippen LogP contribution is -2.27. The van der Waals surface area contributed by atoms with Crippen molar-refractivity contribution in [2.24, 2.45) is 0 Å². The maximum Gasteiger partial charge on any atom is 0.167 e. The van der Waals surface area contributed by atoms with Crippen LogP contribution in [0.2, 0.25) is 0 Å². The highest BCUT2D eigenvalue weighted by Crippen LogP contribution is 2.47. The number of Topliss-reactive ketones (excluding diaryl/α,β-unsaturated/α-hetero) is 1. The van der Waals surface area contributed by atoms with Crippen molar-refractivity contribution in [2.75, 3.05) is 24.9 Å². The summed E-state index contributed by atoms with van der Waals surface area (Å²) in [7, 11) is 3.30. The summed E-state index contributed by atoms with van der Waals surface area (Å²) in [6, 6.07) is 21.5. The Balaban J connectivity index is 1.64. The second-order valence-corrected chi connectivity index (χ2v) is 9.49. The molecule has 2 N–H and O–H groups in total. The number of carbonyl (C=O) groups is 1. The Bertz CT molecular complexity index is 1310. The van der Waals surface area contributed by atoms with Crippen LogP contribution in [0.1, 0.15) is 49.8 Å². The first-order chi connectivity index (χ1) is 17.5. The molecule has 2 aliphatic rings. The van der Waals surface area contributed by atoms with E-state index >= 15 is 0 Å². The summed E-state index contributed by atoms with van der Waals surface area (Å²) in [6.07, 6.45) is 1.08. The summed E-state index contributed by atoms with van der Waals surface area (Å²) < 4.78 is 17.3. The molecule has 0 saturated heterocycles. The molecule has 0 fully saturated rings. The SMILES string of the molecule is COc1cccc(C2CC(=O)C3=C(C2)Nc2ccccc2NC3c2cccc(OC)c2OC(C)C)c1. The number of anilines is 2. The number of nitrogens with one attached hydrogen (secondary N) is 2. The Kier molecular flexibility index (Phi) is 6.59. The number of ether oxygens (including phenoxy) is 3. The zero-order chi connectivity index (χ0) is 25.2. The summed E-state index contributed by atoms with van der Waals surface area (Å²) in [5.74, 6) is 2.27. The predicted octanol–water partition coefficient (Wildman–Crippen LogP) is 6.47. The number of hydrogen-bond donors (Lipinski definition) is 2. The van der Waals surface area contributed by atoms with E-state index in [1.807, 2.05) is 74.5 Å². The summed E-state index contributed by atoms with van der Waals surface area (Å²) in [6.45, 7) is 3.98. The van der Waals surface area contributed by atoms with Crippen LogP contribution in [0.4, 0.5) is 11.4 Å². The zero-order valence-corrected chi connectivity index (χ0v) is 21.1. The number of methoxy groups -OCH3 is 2. The molecular formula is C30H32N2O4. The Morgan fingerprint density at radius 3 is 2.42 bits per heavy atom. The molecule has 6 nitrogen and oxygen atoms in total. The monoisotopic (exact) mass is 484 g/mol. The second kappa shape index (κ2) is 9.97. The first-order valence-electron chi connectivity index (χ1n) is 12.3. The van der Waals surface area contributed by atoms with Gasteiger partial charge in [0, 0.05) is 23.3 Å². The molecule has 5 rings (SSSR count). The number of para-hydroxylation sites is 3. The van der Waals surface area contributed by atoms with Crippen molar-refractivity contribution in [3.8, 4) is 17.2 Å². The molecule has 0 aromatic heterocycles. The third-order valence-electron chi connectivity index (χ3n) is 6.77. The van der Waals surface area contributed by atoms with Crippen LogP contribution in [0.15, 0.2) is 78.0 Å². The fourth-order valence-corrected chi connectivity index (χ4v) is 5.14. The van der Waals surface area contributed by atoms with E-state index in [2.05, 4.69) is 16.7 Å². The van der Waals surface area contributed by atoms with Crippen LogP contribution >= 0.6 is 0 Å². The summed E-state index contributed by atoms with van der Waals surface area (Å²) in [4.78, 5) is 13.9. The van der Waals surface area contributed by atoms with E-state index in [9.17, 15) is 4.79 Å². The van der Waals surface area contributed by atoms with Crippen LogP contribution in [0.25, 0.3) is 0 Å². The van der Waals surface area contributed by atoms with E-state index in [4.69, 9.17) is 14.2 Å². The molecular weight excluding hydrogens is 452 g/mol. The molecule has 186 valence electrons. The van der Waals surface area contributed by atoms with Crippen LogP contribution in [0.5, 0.6) is 17.2 Å². The molecule has 1 aliphatic heterocycles. The number of fused-ring (bicyclic) bond motifs is 1. The third-order valence-corrected chi connectivity index (χ3v) is 6.77. The maximum atomic E-state index is 13.9. The molecule has 0 spiro atoms. The minimum atomic E-state index is -0.390. The molecule has 0 saturated carbocycles. The van der Waals surface area contributed by atoms with Crippen molar-refractivity contribution in [1.82, 2.24) is 0 Å². The van der Waals surface area contributed by atoms with E-state index in [-0.39, 0.29) is 17.8 Å². The minimum absolute atomic E-state index is 0.0517. The first kappa shape index (κ1) is 23.8. The van der Waals surface area contributed by atoms with Gasteiger partial charge in [0.25, 0.3) is 0 Å². The average Bonchev–Trinajstić information content (AvgIpc) is 3.05. The Labute approximate surface area is 212 Å². The van der Waals surface area contributed by atoms with Gasteiger partial charge in [-0.25, -0.2) is 0 Å². The van der Waals surface area contributed by atoms with Gasteiger partial charge < -0.3 is 24.8 Å². The fourth-order valence-electron chi connectivity index (χ4n) is 5.14. The topological polar surface area (TPSA) is 68.8 Å². The number of carbonyl (C=O) groups excluding carboxylic acids is 1. The fraction of sp³-hybridized carbons (Fsp3) is 0.300. The predicted molar refractivity (Wildman–Crippen MR) is 142 cm³/mol. The van der Waals surface area contributed by atoms with Gasteiger partial charge in [0.15, 0.2) is 17.3 Å². The molecule has 1 aliphatic carbocycles. The van der Waals surface area contributed by atoms with Gasteiger partial charge in [-0.1, -0.05) is 36.4 Å². The molecule has 3 aromatic rings. The van der Waals surface area contributed by atoms with Gasteiger partial charge in [-0.2, -0.15) is 0 Å². The van der Waals surface area contributed by atoms with Crippen molar-refractivity contribution in [3.05, 3.63) is 89.1 Å². The van der Waals surface area contributed by atoms with Crippen molar-refractivity contribution in [3.63, 3.8) is 0 Å². The molecule has 6 heteroatoms. The lowest BCUT2D eigenvalue weighted by Gasteiger charge is -2.31. The number of hydrogen-bond acceptors (Lipinski definition) is 6. The van der Waals surface area contributed by atoms with Gasteiger partial charge in [-0.05, 0) is 62.1 Å². The number of allylic oxidation sites excluding steroid dienone is 1. The standard InChI is InChI=1S/C30H32N2O4/c1-18(2)36-30-22(11-8-14-27(30)35-4)29-28-25(31-23-12-5-6-13-24(23)32-29)16-20(17-26(28)33)19-9-7-10-21(15-19)34-3/h5-15,18,20,29,31-32H,16-17H2,1-4H3. The van der Waals surface area contributed by atoms with Crippen LogP contribution in [0, 0.1) is 0 Å². The first-order valence-corrected chi connectivity index (χ1v) is 12.3.